The first-order valence-corrected chi connectivity index (χ1v) is 4.71. The molecule has 64 valence electrons. The fraction of sp³-hybridized carbons (Fsp3) is 0.818. The number of allylic oxidation sites excluding steroid dienone is 2. The van der Waals surface area contributed by atoms with Gasteiger partial charge in [0.25, 0.3) is 0 Å². The maximum atomic E-state index is 2.46. The third-order valence-electron chi connectivity index (χ3n) is 3.10. The van der Waals surface area contributed by atoms with E-state index in [-0.39, 0.29) is 0 Å². The van der Waals surface area contributed by atoms with Gasteiger partial charge in [0.15, 0.2) is 0 Å². The van der Waals surface area contributed by atoms with Crippen molar-refractivity contribution < 1.29 is 0 Å². The minimum atomic E-state index is 0.513. The van der Waals surface area contributed by atoms with Crippen molar-refractivity contribution in [1.82, 2.24) is 0 Å². The second-order valence-corrected chi connectivity index (χ2v) is 4.52. The van der Waals surface area contributed by atoms with Crippen LogP contribution in [0.2, 0.25) is 0 Å². The molecule has 0 saturated heterocycles. The molecule has 0 heterocycles. The maximum Gasteiger partial charge on any atom is -0.0118 e. The standard InChI is InChI=1S/C11H20/c1-9(2)8-11(4)7-5-6-10(11)3/h8,10H,5-7H2,1-4H3/t10-,11-/m1/s1. The van der Waals surface area contributed by atoms with Crippen molar-refractivity contribution in [2.75, 3.05) is 0 Å². The van der Waals surface area contributed by atoms with Gasteiger partial charge in [-0.2, -0.15) is 0 Å². The van der Waals surface area contributed by atoms with Crippen molar-refractivity contribution in [1.29, 1.82) is 0 Å². The molecule has 0 aliphatic heterocycles. The van der Waals surface area contributed by atoms with Crippen molar-refractivity contribution in [3.63, 3.8) is 0 Å². The van der Waals surface area contributed by atoms with Gasteiger partial charge in [-0.15, -0.1) is 0 Å². The molecule has 1 fully saturated rings. The summed E-state index contributed by atoms with van der Waals surface area (Å²) < 4.78 is 0. The van der Waals surface area contributed by atoms with E-state index in [1.807, 2.05) is 0 Å². The molecular formula is C11H20. The molecule has 0 spiro atoms. The normalized spacial score (nSPS) is 37.3. The molecule has 0 unspecified atom stereocenters. The Morgan fingerprint density at radius 1 is 1.45 bits per heavy atom. The van der Waals surface area contributed by atoms with E-state index < -0.39 is 0 Å². The Bertz CT molecular complexity index is 163. The lowest BCUT2D eigenvalue weighted by atomic mass is 9.80. The zero-order valence-corrected chi connectivity index (χ0v) is 8.28. The van der Waals surface area contributed by atoms with E-state index in [2.05, 4.69) is 33.8 Å². The summed E-state index contributed by atoms with van der Waals surface area (Å²) in [5.74, 6) is 0.886. The van der Waals surface area contributed by atoms with E-state index in [4.69, 9.17) is 0 Å². The highest BCUT2D eigenvalue weighted by atomic mass is 14.4. The van der Waals surface area contributed by atoms with Gasteiger partial charge in [-0.05, 0) is 38.0 Å². The van der Waals surface area contributed by atoms with Crippen LogP contribution in [0.15, 0.2) is 11.6 Å². The van der Waals surface area contributed by atoms with Gasteiger partial charge < -0.3 is 0 Å². The first-order valence-electron chi connectivity index (χ1n) is 4.71. The predicted octanol–water partition coefficient (Wildman–Crippen LogP) is 3.78. The zero-order chi connectivity index (χ0) is 8.48. The molecular weight excluding hydrogens is 132 g/mol. The van der Waals surface area contributed by atoms with E-state index in [1.54, 1.807) is 0 Å². The van der Waals surface area contributed by atoms with Gasteiger partial charge >= 0.3 is 0 Å². The van der Waals surface area contributed by atoms with Gasteiger partial charge in [0, 0.05) is 0 Å². The van der Waals surface area contributed by atoms with Gasteiger partial charge in [-0.3, -0.25) is 0 Å². The molecule has 2 atom stereocenters. The lowest BCUT2D eigenvalue weighted by Gasteiger charge is -2.25. The summed E-state index contributed by atoms with van der Waals surface area (Å²) in [4.78, 5) is 0. The smallest absolute Gasteiger partial charge is 0.0118 e. The first-order chi connectivity index (χ1) is 5.04. The molecule has 0 nitrogen and oxygen atoms in total. The van der Waals surface area contributed by atoms with Crippen molar-refractivity contribution in [2.45, 2.75) is 47.0 Å². The van der Waals surface area contributed by atoms with Gasteiger partial charge in [0.05, 0.1) is 0 Å². The monoisotopic (exact) mass is 152 g/mol. The summed E-state index contributed by atoms with van der Waals surface area (Å²) in [5.41, 5.74) is 1.99. The molecule has 0 aromatic carbocycles. The third kappa shape index (κ3) is 1.85. The van der Waals surface area contributed by atoms with E-state index >= 15 is 0 Å². The van der Waals surface area contributed by atoms with Crippen LogP contribution < -0.4 is 0 Å². The van der Waals surface area contributed by atoms with Crippen LogP contribution >= 0.6 is 0 Å². The molecule has 0 heteroatoms. The van der Waals surface area contributed by atoms with Crippen molar-refractivity contribution in [3.05, 3.63) is 11.6 Å². The molecule has 1 rings (SSSR count). The van der Waals surface area contributed by atoms with Crippen LogP contribution in [0.25, 0.3) is 0 Å². The number of hydrogen-bond donors (Lipinski definition) is 0. The molecule has 0 radical (unpaired) electrons. The lowest BCUT2D eigenvalue weighted by molar-refractivity contribution is 0.329. The fourth-order valence-electron chi connectivity index (χ4n) is 2.24. The molecule has 0 bridgehead atoms. The molecule has 0 amide bonds. The van der Waals surface area contributed by atoms with E-state index in [0.29, 0.717) is 5.41 Å². The molecule has 0 aromatic heterocycles. The quantitative estimate of drug-likeness (QED) is 0.502. The summed E-state index contributed by atoms with van der Waals surface area (Å²) >= 11 is 0. The highest BCUT2D eigenvalue weighted by Gasteiger charge is 2.33. The highest BCUT2D eigenvalue weighted by molar-refractivity contribution is 5.07. The van der Waals surface area contributed by atoms with Crippen molar-refractivity contribution in [3.8, 4) is 0 Å². The maximum absolute atomic E-state index is 2.46. The van der Waals surface area contributed by atoms with E-state index in [1.165, 1.54) is 24.8 Å². The Morgan fingerprint density at radius 3 is 2.45 bits per heavy atom. The minimum absolute atomic E-state index is 0.513. The highest BCUT2D eigenvalue weighted by Crippen LogP contribution is 2.44. The average Bonchev–Trinajstić information content (AvgIpc) is 2.11. The molecule has 11 heavy (non-hydrogen) atoms. The van der Waals surface area contributed by atoms with Gasteiger partial charge in [0.2, 0.25) is 0 Å². The SMILES string of the molecule is CC(C)=C[C@@]1(C)CCC[C@H]1C. The lowest BCUT2D eigenvalue weighted by Crippen LogP contribution is -2.16. The van der Waals surface area contributed by atoms with Crippen LogP contribution in [-0.2, 0) is 0 Å². The topological polar surface area (TPSA) is 0 Å². The summed E-state index contributed by atoms with van der Waals surface area (Å²) in [6.07, 6.45) is 6.69. The molecule has 0 N–H and O–H groups in total. The summed E-state index contributed by atoms with van der Waals surface area (Å²) in [6.45, 7) is 9.19. The Hall–Kier alpha value is -0.260. The van der Waals surface area contributed by atoms with Crippen LogP contribution in [0.4, 0.5) is 0 Å². The van der Waals surface area contributed by atoms with Crippen LogP contribution in [0, 0.1) is 11.3 Å². The first kappa shape index (κ1) is 8.83. The largest absolute Gasteiger partial charge is 0.0799 e. The summed E-state index contributed by atoms with van der Waals surface area (Å²) in [7, 11) is 0. The Labute approximate surface area is 70.7 Å². The van der Waals surface area contributed by atoms with Crippen LogP contribution in [0.3, 0.4) is 0 Å². The molecule has 1 aliphatic rings. The fourth-order valence-corrected chi connectivity index (χ4v) is 2.24. The van der Waals surface area contributed by atoms with Crippen LogP contribution in [0.5, 0.6) is 0 Å². The Balaban J connectivity index is 2.73. The summed E-state index contributed by atoms with van der Waals surface area (Å²) in [5, 5.41) is 0. The number of rotatable bonds is 1. The molecule has 1 saturated carbocycles. The van der Waals surface area contributed by atoms with Crippen molar-refractivity contribution in [2.24, 2.45) is 11.3 Å². The van der Waals surface area contributed by atoms with Crippen LogP contribution in [-0.4, -0.2) is 0 Å². The van der Waals surface area contributed by atoms with Crippen LogP contribution in [0.1, 0.15) is 47.0 Å². The Morgan fingerprint density at radius 2 is 2.09 bits per heavy atom. The van der Waals surface area contributed by atoms with Gasteiger partial charge in [0.1, 0.15) is 0 Å². The molecule has 0 aromatic rings. The Kier molecular flexibility index (Phi) is 2.41. The summed E-state index contributed by atoms with van der Waals surface area (Å²) in [6, 6.07) is 0. The van der Waals surface area contributed by atoms with E-state index in [0.717, 1.165) is 5.92 Å². The van der Waals surface area contributed by atoms with E-state index in [9.17, 15) is 0 Å². The van der Waals surface area contributed by atoms with Gasteiger partial charge in [-0.1, -0.05) is 31.9 Å². The predicted molar refractivity (Wildman–Crippen MR) is 50.6 cm³/mol. The van der Waals surface area contributed by atoms with Gasteiger partial charge in [-0.25, -0.2) is 0 Å². The second kappa shape index (κ2) is 3.00. The molecule has 1 aliphatic carbocycles. The minimum Gasteiger partial charge on any atom is -0.0799 e. The zero-order valence-electron chi connectivity index (χ0n) is 8.28. The number of hydrogen-bond acceptors (Lipinski definition) is 0. The second-order valence-electron chi connectivity index (χ2n) is 4.52. The third-order valence-corrected chi connectivity index (χ3v) is 3.10. The van der Waals surface area contributed by atoms with Crippen molar-refractivity contribution >= 4 is 0 Å². The average molecular weight is 152 g/mol.